The summed E-state index contributed by atoms with van der Waals surface area (Å²) < 4.78 is 37.8. The number of fused-ring (bicyclic) bond motifs is 1. The molecule has 2 N–H and O–H groups in total. The number of aromatic nitrogens is 3. The van der Waals surface area contributed by atoms with Crippen molar-refractivity contribution in [3.63, 3.8) is 0 Å². The second-order valence-electron chi connectivity index (χ2n) is 7.28. The van der Waals surface area contributed by atoms with E-state index in [4.69, 9.17) is 10.00 Å². The highest BCUT2D eigenvalue weighted by Crippen LogP contribution is 2.38. The summed E-state index contributed by atoms with van der Waals surface area (Å²) in [5.41, 5.74) is 2.15. The molecule has 0 aliphatic rings. The van der Waals surface area contributed by atoms with Crippen LogP contribution in [-0.4, -0.2) is 29.8 Å². The van der Waals surface area contributed by atoms with E-state index in [0.717, 1.165) is 0 Å². The van der Waals surface area contributed by atoms with E-state index in [1.165, 1.54) is 11.6 Å². The molecule has 0 spiro atoms. The largest absolute Gasteiger partial charge is 0.457 e. The number of pyridine rings is 1. The zero-order chi connectivity index (χ0) is 23.8. The number of rotatable bonds is 6. The standard InChI is InChI=1S/C22H20N6O4S/c1-24-33(30,31)26-15-6-9-20(32-16-7-4-14(11-23)5-8-16)17(10-15)18-12-27(2)22(29)19-13-28(3)25-21(18)19/h4-10,12-13,24,26H,1-3H3. The number of aryl methyl sites for hydroxylation is 2. The van der Waals surface area contributed by atoms with Crippen molar-refractivity contribution in [3.05, 3.63) is 70.8 Å². The molecule has 0 fully saturated rings. The highest BCUT2D eigenvalue weighted by Gasteiger charge is 2.18. The second-order valence-corrected chi connectivity index (χ2v) is 8.90. The summed E-state index contributed by atoms with van der Waals surface area (Å²) in [6.45, 7) is 0. The average molecular weight is 465 g/mol. The number of nitriles is 1. The van der Waals surface area contributed by atoms with Gasteiger partial charge in [0.05, 0.1) is 22.7 Å². The Labute approximate surface area is 189 Å². The predicted molar refractivity (Wildman–Crippen MR) is 124 cm³/mol. The van der Waals surface area contributed by atoms with Crippen molar-refractivity contribution in [3.8, 4) is 28.7 Å². The summed E-state index contributed by atoms with van der Waals surface area (Å²) >= 11 is 0. The minimum Gasteiger partial charge on any atom is -0.457 e. The fraction of sp³-hybridized carbons (Fsp3) is 0.136. The highest BCUT2D eigenvalue weighted by molar-refractivity contribution is 7.90. The van der Waals surface area contributed by atoms with Crippen LogP contribution in [0.25, 0.3) is 22.0 Å². The van der Waals surface area contributed by atoms with E-state index >= 15 is 0 Å². The first kappa shape index (κ1) is 22.1. The lowest BCUT2D eigenvalue weighted by molar-refractivity contribution is 0.484. The first-order chi connectivity index (χ1) is 15.7. The molecule has 0 radical (unpaired) electrons. The van der Waals surface area contributed by atoms with Crippen LogP contribution in [0.15, 0.2) is 59.7 Å². The molecule has 168 valence electrons. The van der Waals surface area contributed by atoms with Crippen molar-refractivity contribution in [1.82, 2.24) is 19.1 Å². The molecule has 10 nitrogen and oxygen atoms in total. The number of nitrogens with zero attached hydrogens (tertiary/aromatic N) is 4. The van der Waals surface area contributed by atoms with Crippen LogP contribution in [0.1, 0.15) is 5.56 Å². The van der Waals surface area contributed by atoms with Crippen molar-refractivity contribution >= 4 is 26.8 Å². The summed E-state index contributed by atoms with van der Waals surface area (Å²) in [5.74, 6) is 0.901. The molecule has 0 aliphatic carbocycles. The van der Waals surface area contributed by atoms with Gasteiger partial charge >= 0.3 is 0 Å². The van der Waals surface area contributed by atoms with E-state index in [1.54, 1.807) is 73.6 Å². The fourth-order valence-corrected chi connectivity index (χ4v) is 3.91. The van der Waals surface area contributed by atoms with Crippen LogP contribution in [0.4, 0.5) is 5.69 Å². The topological polar surface area (TPSA) is 131 Å². The molecular weight excluding hydrogens is 444 g/mol. The molecule has 33 heavy (non-hydrogen) atoms. The quantitative estimate of drug-likeness (QED) is 0.451. The molecule has 0 aliphatic heterocycles. The van der Waals surface area contributed by atoms with Gasteiger partial charge in [0.15, 0.2) is 0 Å². The van der Waals surface area contributed by atoms with Gasteiger partial charge in [-0.3, -0.25) is 14.2 Å². The van der Waals surface area contributed by atoms with Crippen LogP contribution in [0.5, 0.6) is 11.5 Å². The maximum Gasteiger partial charge on any atom is 0.298 e. The third kappa shape index (κ3) is 4.43. The zero-order valence-corrected chi connectivity index (χ0v) is 18.8. The van der Waals surface area contributed by atoms with E-state index < -0.39 is 10.2 Å². The molecule has 0 saturated heterocycles. The Bertz CT molecular complexity index is 1560. The lowest BCUT2D eigenvalue weighted by atomic mass is 10.0. The summed E-state index contributed by atoms with van der Waals surface area (Å²) in [6, 6.07) is 13.5. The molecule has 0 unspecified atom stereocenters. The lowest BCUT2D eigenvalue weighted by Gasteiger charge is -2.15. The number of hydrogen-bond donors (Lipinski definition) is 2. The van der Waals surface area contributed by atoms with Crippen molar-refractivity contribution in [2.75, 3.05) is 11.8 Å². The van der Waals surface area contributed by atoms with Crippen LogP contribution < -0.4 is 19.7 Å². The number of ether oxygens (including phenoxy) is 1. The second kappa shape index (κ2) is 8.42. The number of benzene rings is 2. The van der Waals surface area contributed by atoms with E-state index in [1.807, 2.05) is 0 Å². The molecule has 4 rings (SSSR count). The summed E-state index contributed by atoms with van der Waals surface area (Å²) in [5, 5.41) is 13.9. The SMILES string of the molecule is CNS(=O)(=O)Nc1ccc(Oc2ccc(C#N)cc2)c(-c2cn(C)c(=O)c3cn(C)nc23)c1. The first-order valence-electron chi connectivity index (χ1n) is 9.77. The minimum absolute atomic E-state index is 0.205. The Morgan fingerprint density at radius 1 is 1.06 bits per heavy atom. The third-order valence-electron chi connectivity index (χ3n) is 4.96. The van der Waals surface area contributed by atoms with Gasteiger partial charge in [-0.1, -0.05) is 0 Å². The summed E-state index contributed by atoms with van der Waals surface area (Å²) in [6.07, 6.45) is 3.27. The van der Waals surface area contributed by atoms with Gasteiger partial charge in [-0.2, -0.15) is 18.8 Å². The van der Waals surface area contributed by atoms with Crippen molar-refractivity contribution in [2.45, 2.75) is 0 Å². The van der Waals surface area contributed by atoms with Gasteiger partial charge in [-0.05, 0) is 42.5 Å². The Hall–Kier alpha value is -4.14. The third-order valence-corrected chi connectivity index (χ3v) is 6.00. The Balaban J connectivity index is 1.92. The average Bonchev–Trinajstić information content (AvgIpc) is 3.19. The Morgan fingerprint density at radius 3 is 2.45 bits per heavy atom. The van der Waals surface area contributed by atoms with Gasteiger partial charge in [0.25, 0.3) is 15.8 Å². The van der Waals surface area contributed by atoms with Crippen LogP contribution in [0.3, 0.4) is 0 Å². The molecule has 2 aromatic carbocycles. The van der Waals surface area contributed by atoms with Crippen LogP contribution >= 0.6 is 0 Å². The highest BCUT2D eigenvalue weighted by atomic mass is 32.2. The predicted octanol–water partition coefficient (Wildman–Crippen LogP) is 2.48. The summed E-state index contributed by atoms with van der Waals surface area (Å²) in [7, 11) is 0.900. The van der Waals surface area contributed by atoms with Gasteiger partial charge < -0.3 is 9.30 Å². The minimum atomic E-state index is -3.75. The molecule has 0 saturated carbocycles. The van der Waals surface area contributed by atoms with Gasteiger partial charge in [-0.25, -0.2) is 4.72 Å². The number of anilines is 1. The molecule has 2 aromatic heterocycles. The van der Waals surface area contributed by atoms with Crippen LogP contribution in [0.2, 0.25) is 0 Å². The van der Waals surface area contributed by atoms with Gasteiger partial charge in [0.2, 0.25) is 0 Å². The molecule has 0 bridgehead atoms. The fourth-order valence-electron chi connectivity index (χ4n) is 3.37. The molecule has 11 heteroatoms. The summed E-state index contributed by atoms with van der Waals surface area (Å²) in [4.78, 5) is 12.6. The number of hydrogen-bond acceptors (Lipinski definition) is 6. The Morgan fingerprint density at radius 2 is 1.79 bits per heavy atom. The first-order valence-corrected chi connectivity index (χ1v) is 11.3. The van der Waals surface area contributed by atoms with Crippen LogP contribution in [-0.2, 0) is 24.3 Å². The van der Waals surface area contributed by atoms with Crippen molar-refractivity contribution in [1.29, 1.82) is 5.26 Å². The zero-order valence-electron chi connectivity index (χ0n) is 18.0. The molecule has 4 aromatic rings. The van der Waals surface area contributed by atoms with E-state index in [9.17, 15) is 13.2 Å². The monoisotopic (exact) mass is 464 g/mol. The number of nitrogens with one attached hydrogen (secondary N) is 2. The van der Waals surface area contributed by atoms with Crippen molar-refractivity contribution in [2.24, 2.45) is 14.1 Å². The maximum absolute atomic E-state index is 12.6. The van der Waals surface area contributed by atoms with Gasteiger partial charge in [0, 0.05) is 44.7 Å². The lowest BCUT2D eigenvalue weighted by Crippen LogP contribution is -2.26. The van der Waals surface area contributed by atoms with Gasteiger partial charge in [0.1, 0.15) is 17.0 Å². The van der Waals surface area contributed by atoms with E-state index in [2.05, 4.69) is 20.6 Å². The van der Waals surface area contributed by atoms with E-state index in [0.29, 0.717) is 44.8 Å². The Kier molecular flexibility index (Phi) is 5.63. The van der Waals surface area contributed by atoms with E-state index in [-0.39, 0.29) is 5.56 Å². The molecule has 0 amide bonds. The van der Waals surface area contributed by atoms with Gasteiger partial charge in [-0.15, -0.1) is 0 Å². The smallest absolute Gasteiger partial charge is 0.298 e. The maximum atomic E-state index is 12.6. The van der Waals surface area contributed by atoms with Crippen molar-refractivity contribution < 1.29 is 13.2 Å². The molecule has 2 heterocycles. The molecule has 0 atom stereocenters. The normalized spacial score (nSPS) is 11.3. The molecular formula is C22H20N6O4S. The van der Waals surface area contributed by atoms with Crippen LogP contribution in [0, 0.1) is 11.3 Å².